The quantitative estimate of drug-likeness (QED) is 0.424. The number of aromatic nitrogens is 2. The molecule has 7 nitrogen and oxygen atoms in total. The summed E-state index contributed by atoms with van der Waals surface area (Å²) in [6, 6.07) is 4.10. The molecule has 2 rings (SSSR count). The van der Waals surface area contributed by atoms with E-state index in [0.717, 1.165) is 23.9 Å². The Hall–Kier alpha value is -2.82. The zero-order chi connectivity index (χ0) is 20.9. The van der Waals surface area contributed by atoms with Gasteiger partial charge in [0.1, 0.15) is 11.4 Å². The van der Waals surface area contributed by atoms with Crippen LogP contribution in [0.5, 0.6) is 0 Å². The number of hydrogen-bond donors (Lipinski definition) is 2. The van der Waals surface area contributed by atoms with Gasteiger partial charge in [0.25, 0.3) is 0 Å². The van der Waals surface area contributed by atoms with Crippen molar-refractivity contribution in [2.75, 3.05) is 17.7 Å². The Morgan fingerprint density at radius 3 is 2.46 bits per heavy atom. The SMILES string of the molecule is CCOC(=O)c1cnc(S[C@H](C)C(=O)Nc2ccc(C(F)(F)F)cc2)nc1N. The molecule has 28 heavy (non-hydrogen) atoms. The molecule has 1 aromatic heterocycles. The summed E-state index contributed by atoms with van der Waals surface area (Å²) >= 11 is 0.980. The van der Waals surface area contributed by atoms with Gasteiger partial charge in [0.2, 0.25) is 5.91 Å². The minimum Gasteiger partial charge on any atom is -0.462 e. The summed E-state index contributed by atoms with van der Waals surface area (Å²) in [5, 5.41) is 2.01. The van der Waals surface area contributed by atoms with E-state index in [1.165, 1.54) is 18.3 Å². The number of carbonyl (C=O) groups excluding carboxylic acids is 2. The summed E-state index contributed by atoms with van der Waals surface area (Å²) in [6.45, 7) is 3.40. The standard InChI is InChI=1S/C17H17F3N4O3S/c1-3-27-15(26)12-8-22-16(24-13(12)21)28-9(2)14(25)23-11-6-4-10(5-7-11)17(18,19)20/h4-9H,3H2,1-2H3,(H,23,25)(H2,21,22,24)/t9-/m1/s1. The second-order valence-electron chi connectivity index (χ2n) is 5.50. The van der Waals surface area contributed by atoms with Crippen molar-refractivity contribution in [2.45, 2.75) is 30.4 Å². The number of carbonyl (C=O) groups is 2. The minimum absolute atomic E-state index is 0.0214. The zero-order valence-corrected chi connectivity index (χ0v) is 15.7. The van der Waals surface area contributed by atoms with E-state index in [9.17, 15) is 22.8 Å². The molecule has 1 aromatic carbocycles. The maximum atomic E-state index is 12.6. The van der Waals surface area contributed by atoms with E-state index in [1.54, 1.807) is 13.8 Å². The van der Waals surface area contributed by atoms with E-state index in [-0.39, 0.29) is 28.8 Å². The Bertz CT molecular complexity index is 860. The maximum Gasteiger partial charge on any atom is 0.416 e. The molecule has 0 fully saturated rings. The van der Waals surface area contributed by atoms with Crippen molar-refractivity contribution in [1.82, 2.24) is 9.97 Å². The molecule has 0 saturated carbocycles. The number of nitrogens with zero attached hydrogens (tertiary/aromatic N) is 2. The van der Waals surface area contributed by atoms with Crippen LogP contribution >= 0.6 is 11.8 Å². The fourth-order valence-corrected chi connectivity index (χ4v) is 2.75. The van der Waals surface area contributed by atoms with Crippen LogP contribution in [0.1, 0.15) is 29.8 Å². The summed E-state index contributed by atoms with van der Waals surface area (Å²) in [5.74, 6) is -1.18. The Morgan fingerprint density at radius 2 is 1.93 bits per heavy atom. The monoisotopic (exact) mass is 414 g/mol. The third-order valence-corrected chi connectivity index (χ3v) is 4.40. The number of ether oxygens (including phenoxy) is 1. The molecule has 0 aliphatic heterocycles. The number of alkyl halides is 3. The van der Waals surface area contributed by atoms with Crippen molar-refractivity contribution in [1.29, 1.82) is 0 Å². The van der Waals surface area contributed by atoms with Gasteiger partial charge in [-0.25, -0.2) is 14.8 Å². The van der Waals surface area contributed by atoms with Crippen molar-refractivity contribution in [2.24, 2.45) is 0 Å². The average Bonchev–Trinajstić information content (AvgIpc) is 2.61. The Balaban J connectivity index is 2.00. The number of nitrogens with two attached hydrogens (primary N) is 1. The number of halogens is 3. The van der Waals surface area contributed by atoms with Gasteiger partial charge in [0.15, 0.2) is 5.16 Å². The molecule has 0 radical (unpaired) electrons. The van der Waals surface area contributed by atoms with Crippen LogP contribution in [0, 0.1) is 0 Å². The van der Waals surface area contributed by atoms with Gasteiger partial charge in [-0.3, -0.25) is 4.79 Å². The predicted octanol–water partition coefficient (Wildman–Crippen LogP) is 3.37. The number of hydrogen-bond acceptors (Lipinski definition) is 7. The summed E-state index contributed by atoms with van der Waals surface area (Å²) in [4.78, 5) is 31.8. The molecule has 1 heterocycles. The molecule has 11 heteroatoms. The van der Waals surface area contributed by atoms with E-state index in [0.29, 0.717) is 0 Å². The molecule has 3 N–H and O–H groups in total. The van der Waals surface area contributed by atoms with E-state index < -0.39 is 28.9 Å². The third-order valence-electron chi connectivity index (χ3n) is 3.42. The lowest BCUT2D eigenvalue weighted by molar-refractivity contribution is -0.137. The highest BCUT2D eigenvalue weighted by Gasteiger charge is 2.30. The molecule has 0 aliphatic carbocycles. The van der Waals surface area contributed by atoms with Crippen LogP contribution in [0.25, 0.3) is 0 Å². The zero-order valence-electron chi connectivity index (χ0n) is 14.9. The fraction of sp³-hybridized carbons (Fsp3) is 0.294. The lowest BCUT2D eigenvalue weighted by atomic mass is 10.2. The number of rotatable bonds is 6. The van der Waals surface area contributed by atoms with Crippen LogP contribution in [0.3, 0.4) is 0 Å². The van der Waals surface area contributed by atoms with Gasteiger partial charge in [0, 0.05) is 11.9 Å². The Kier molecular flexibility index (Phi) is 6.84. The molecule has 0 spiro atoms. The first kappa shape index (κ1) is 21.5. The lowest BCUT2D eigenvalue weighted by Crippen LogP contribution is -2.23. The molecule has 1 amide bonds. The molecule has 0 aliphatic rings. The lowest BCUT2D eigenvalue weighted by Gasteiger charge is -2.13. The number of nitrogens with one attached hydrogen (secondary N) is 1. The van der Waals surface area contributed by atoms with Gasteiger partial charge in [-0.2, -0.15) is 13.2 Å². The first-order chi connectivity index (χ1) is 13.1. The molecule has 0 bridgehead atoms. The first-order valence-corrected chi connectivity index (χ1v) is 8.94. The second-order valence-corrected chi connectivity index (χ2v) is 6.80. The van der Waals surface area contributed by atoms with E-state index in [1.807, 2.05) is 0 Å². The Morgan fingerprint density at radius 1 is 1.29 bits per heavy atom. The smallest absolute Gasteiger partial charge is 0.416 e. The largest absolute Gasteiger partial charge is 0.462 e. The summed E-state index contributed by atoms with van der Waals surface area (Å²) in [7, 11) is 0. The number of amides is 1. The van der Waals surface area contributed by atoms with Crippen LogP contribution in [-0.2, 0) is 15.7 Å². The number of benzene rings is 1. The minimum atomic E-state index is -4.45. The summed E-state index contributed by atoms with van der Waals surface area (Å²) in [6.07, 6.45) is -3.23. The second kappa shape index (κ2) is 8.91. The van der Waals surface area contributed by atoms with E-state index in [4.69, 9.17) is 10.5 Å². The highest BCUT2D eigenvalue weighted by molar-refractivity contribution is 8.00. The van der Waals surface area contributed by atoms with Crippen molar-refractivity contribution < 1.29 is 27.5 Å². The molecule has 150 valence electrons. The van der Waals surface area contributed by atoms with Gasteiger partial charge in [-0.15, -0.1) is 0 Å². The molecule has 0 unspecified atom stereocenters. The van der Waals surface area contributed by atoms with Crippen molar-refractivity contribution in [3.05, 3.63) is 41.6 Å². The molecule has 1 atom stereocenters. The van der Waals surface area contributed by atoms with Crippen LogP contribution in [-0.4, -0.2) is 33.7 Å². The van der Waals surface area contributed by atoms with Crippen molar-refractivity contribution >= 4 is 35.1 Å². The highest BCUT2D eigenvalue weighted by Crippen LogP contribution is 2.30. The molecular weight excluding hydrogens is 397 g/mol. The van der Waals surface area contributed by atoms with Gasteiger partial charge < -0.3 is 15.8 Å². The van der Waals surface area contributed by atoms with Crippen LogP contribution < -0.4 is 11.1 Å². The average molecular weight is 414 g/mol. The fourth-order valence-electron chi connectivity index (χ4n) is 2.00. The van der Waals surface area contributed by atoms with Crippen LogP contribution in [0.4, 0.5) is 24.7 Å². The van der Waals surface area contributed by atoms with E-state index >= 15 is 0 Å². The predicted molar refractivity (Wildman–Crippen MR) is 97.8 cm³/mol. The van der Waals surface area contributed by atoms with Crippen molar-refractivity contribution in [3.63, 3.8) is 0 Å². The van der Waals surface area contributed by atoms with Gasteiger partial charge in [-0.05, 0) is 38.1 Å². The molecule has 0 saturated heterocycles. The Labute approximate surface area is 162 Å². The summed E-state index contributed by atoms with van der Waals surface area (Å²) < 4.78 is 42.5. The molecular formula is C17H17F3N4O3S. The highest BCUT2D eigenvalue weighted by atomic mass is 32.2. The normalized spacial score (nSPS) is 12.3. The van der Waals surface area contributed by atoms with Gasteiger partial charge in [0.05, 0.1) is 17.4 Å². The van der Waals surface area contributed by atoms with Gasteiger partial charge in [-0.1, -0.05) is 11.8 Å². The number of anilines is 2. The van der Waals surface area contributed by atoms with Gasteiger partial charge >= 0.3 is 12.1 Å². The van der Waals surface area contributed by atoms with Crippen LogP contribution in [0.2, 0.25) is 0 Å². The number of nitrogen functional groups attached to an aromatic ring is 1. The third kappa shape index (κ3) is 5.59. The van der Waals surface area contributed by atoms with Crippen LogP contribution in [0.15, 0.2) is 35.6 Å². The van der Waals surface area contributed by atoms with Crippen molar-refractivity contribution in [3.8, 4) is 0 Å². The first-order valence-electron chi connectivity index (χ1n) is 8.06. The summed E-state index contributed by atoms with van der Waals surface area (Å²) in [5.41, 5.74) is 5.16. The topological polar surface area (TPSA) is 107 Å². The maximum absolute atomic E-state index is 12.6. The number of esters is 1. The van der Waals surface area contributed by atoms with E-state index in [2.05, 4.69) is 15.3 Å². The number of thioether (sulfide) groups is 1. The molecule has 2 aromatic rings.